The molecule has 0 aromatic heterocycles. The molecule has 1 saturated heterocycles. The Kier molecular flexibility index (Phi) is 4.91. The van der Waals surface area contributed by atoms with Crippen LogP contribution in [0.5, 0.6) is 0 Å². The van der Waals surface area contributed by atoms with Gasteiger partial charge in [0.15, 0.2) is 0 Å². The van der Waals surface area contributed by atoms with Crippen LogP contribution in [0, 0.1) is 17.8 Å². The minimum Gasteiger partial charge on any atom is -0.345 e. The van der Waals surface area contributed by atoms with Crippen LogP contribution >= 0.6 is 0 Å². The molecule has 3 N–H and O–H groups in total. The lowest BCUT2D eigenvalue weighted by molar-refractivity contribution is -0.140. The monoisotopic (exact) mass is 349 g/mol. The summed E-state index contributed by atoms with van der Waals surface area (Å²) >= 11 is 0. The highest BCUT2D eigenvalue weighted by Gasteiger charge is 2.43. The molecule has 4 atom stereocenters. The number of rotatable bonds is 3. The molecule has 2 saturated carbocycles. The molecule has 5 nitrogen and oxygen atoms in total. The average Bonchev–Trinajstić information content (AvgIpc) is 3.06. The van der Waals surface area contributed by atoms with Gasteiger partial charge in [0.2, 0.25) is 0 Å². The lowest BCUT2D eigenvalue weighted by Gasteiger charge is -2.46. The maximum Gasteiger partial charge on any atom is 0.309 e. The zero-order valence-electron chi connectivity index (χ0n) is 16.4. The smallest absolute Gasteiger partial charge is 0.309 e. The van der Waals surface area contributed by atoms with Crippen LogP contribution in [0.15, 0.2) is 0 Å². The average molecular weight is 350 g/mol. The Bertz CT molecular complexity index is 527. The van der Waals surface area contributed by atoms with E-state index < -0.39 is 11.8 Å². The molecule has 3 aliphatic rings. The third-order valence-corrected chi connectivity index (χ3v) is 6.53. The number of nitrogens with one attached hydrogen (secondary N) is 3. The molecule has 4 unspecified atom stereocenters. The minimum atomic E-state index is -0.478. The first-order chi connectivity index (χ1) is 11.5. The zero-order chi connectivity index (χ0) is 18.4. The second kappa shape index (κ2) is 6.57. The van der Waals surface area contributed by atoms with Gasteiger partial charge in [-0.15, -0.1) is 0 Å². The minimum absolute atomic E-state index is 0.0299. The molecular weight excluding hydrogens is 314 g/mol. The Labute approximate surface area is 152 Å². The molecule has 0 aromatic rings. The van der Waals surface area contributed by atoms with Gasteiger partial charge in [-0.05, 0) is 84.5 Å². The number of carbonyl (C=O) groups is 2. The van der Waals surface area contributed by atoms with E-state index in [9.17, 15) is 9.59 Å². The van der Waals surface area contributed by atoms with Crippen LogP contribution < -0.4 is 16.0 Å². The van der Waals surface area contributed by atoms with Gasteiger partial charge in [-0.3, -0.25) is 9.59 Å². The highest BCUT2D eigenvalue weighted by Crippen LogP contribution is 2.49. The fourth-order valence-electron chi connectivity index (χ4n) is 5.96. The number of piperidine rings is 1. The largest absolute Gasteiger partial charge is 0.345 e. The van der Waals surface area contributed by atoms with Crippen molar-refractivity contribution in [1.29, 1.82) is 0 Å². The van der Waals surface area contributed by atoms with Gasteiger partial charge in [-0.1, -0.05) is 6.42 Å². The van der Waals surface area contributed by atoms with Crippen LogP contribution in [-0.4, -0.2) is 35.0 Å². The SMILES string of the molecule is CC(NC(=O)C(=O)NC1CC(C)(C)NC(C)(C)C1)C1CC2CCC1C2. The fraction of sp³-hybridized carbons (Fsp3) is 0.900. The summed E-state index contributed by atoms with van der Waals surface area (Å²) in [5, 5.41) is 9.54. The first-order valence-corrected chi connectivity index (χ1v) is 9.95. The van der Waals surface area contributed by atoms with E-state index in [1.807, 2.05) is 0 Å². The number of hydrogen-bond acceptors (Lipinski definition) is 3. The van der Waals surface area contributed by atoms with Crippen molar-refractivity contribution in [3.63, 3.8) is 0 Å². The number of hydrogen-bond donors (Lipinski definition) is 3. The van der Waals surface area contributed by atoms with Crippen molar-refractivity contribution in [1.82, 2.24) is 16.0 Å². The van der Waals surface area contributed by atoms with Gasteiger partial charge in [0, 0.05) is 23.2 Å². The summed E-state index contributed by atoms with van der Waals surface area (Å²) in [5.41, 5.74) is -0.0981. The first-order valence-electron chi connectivity index (χ1n) is 9.95. The summed E-state index contributed by atoms with van der Waals surface area (Å²) in [5.74, 6) is 1.20. The lowest BCUT2D eigenvalue weighted by atomic mass is 9.79. The van der Waals surface area contributed by atoms with Crippen molar-refractivity contribution in [2.75, 3.05) is 0 Å². The first kappa shape index (κ1) is 18.7. The highest BCUT2D eigenvalue weighted by atomic mass is 16.2. The summed E-state index contributed by atoms with van der Waals surface area (Å²) in [6.07, 6.45) is 6.83. The van der Waals surface area contributed by atoms with E-state index >= 15 is 0 Å². The van der Waals surface area contributed by atoms with Crippen molar-refractivity contribution in [2.24, 2.45) is 17.8 Å². The number of amides is 2. The predicted octanol–water partition coefficient (Wildman–Crippen LogP) is 2.35. The van der Waals surface area contributed by atoms with E-state index in [1.165, 1.54) is 25.7 Å². The van der Waals surface area contributed by atoms with E-state index in [4.69, 9.17) is 0 Å². The Hall–Kier alpha value is -1.10. The van der Waals surface area contributed by atoms with E-state index in [-0.39, 0.29) is 23.2 Å². The van der Waals surface area contributed by atoms with Crippen LogP contribution in [-0.2, 0) is 9.59 Å². The molecule has 3 rings (SSSR count). The van der Waals surface area contributed by atoms with Crippen molar-refractivity contribution >= 4 is 11.8 Å². The van der Waals surface area contributed by atoms with Gasteiger partial charge in [-0.2, -0.15) is 0 Å². The molecule has 1 heterocycles. The normalized spacial score (nSPS) is 34.5. The van der Waals surface area contributed by atoms with Crippen LogP contribution in [0.3, 0.4) is 0 Å². The molecule has 1 aliphatic heterocycles. The Morgan fingerprint density at radius 1 is 1.00 bits per heavy atom. The Morgan fingerprint density at radius 3 is 2.16 bits per heavy atom. The van der Waals surface area contributed by atoms with Crippen molar-refractivity contribution in [3.8, 4) is 0 Å². The van der Waals surface area contributed by atoms with E-state index in [0.29, 0.717) is 5.92 Å². The Balaban J connectivity index is 1.51. The molecule has 142 valence electrons. The lowest BCUT2D eigenvalue weighted by Crippen LogP contribution is -2.63. The molecule has 25 heavy (non-hydrogen) atoms. The van der Waals surface area contributed by atoms with Crippen molar-refractivity contribution in [3.05, 3.63) is 0 Å². The molecule has 5 heteroatoms. The molecule has 0 aromatic carbocycles. The zero-order valence-corrected chi connectivity index (χ0v) is 16.4. The van der Waals surface area contributed by atoms with E-state index in [0.717, 1.165) is 24.7 Å². The van der Waals surface area contributed by atoms with Gasteiger partial charge < -0.3 is 16.0 Å². The van der Waals surface area contributed by atoms with Crippen LogP contribution in [0.4, 0.5) is 0 Å². The molecule has 2 bridgehead atoms. The van der Waals surface area contributed by atoms with Crippen LogP contribution in [0.2, 0.25) is 0 Å². The van der Waals surface area contributed by atoms with Gasteiger partial charge in [0.1, 0.15) is 0 Å². The predicted molar refractivity (Wildman–Crippen MR) is 99.0 cm³/mol. The second-order valence-corrected chi connectivity index (χ2v) is 10.1. The van der Waals surface area contributed by atoms with Gasteiger partial charge in [0.25, 0.3) is 0 Å². The maximum absolute atomic E-state index is 12.4. The third-order valence-electron chi connectivity index (χ3n) is 6.53. The molecule has 2 aliphatic carbocycles. The quantitative estimate of drug-likeness (QED) is 0.685. The topological polar surface area (TPSA) is 70.2 Å². The van der Waals surface area contributed by atoms with Crippen LogP contribution in [0.1, 0.15) is 73.1 Å². The summed E-state index contributed by atoms with van der Waals surface area (Å²) < 4.78 is 0. The van der Waals surface area contributed by atoms with Gasteiger partial charge in [0.05, 0.1) is 0 Å². The molecule has 0 spiro atoms. The molecule has 0 radical (unpaired) electrons. The summed E-state index contributed by atoms with van der Waals surface area (Å²) in [4.78, 5) is 24.8. The molecular formula is C20H35N3O2. The number of fused-ring (bicyclic) bond motifs is 2. The summed E-state index contributed by atoms with van der Waals surface area (Å²) in [7, 11) is 0. The summed E-state index contributed by atoms with van der Waals surface area (Å²) in [6, 6.07) is 0.122. The van der Waals surface area contributed by atoms with Gasteiger partial charge in [-0.25, -0.2) is 0 Å². The third kappa shape index (κ3) is 4.36. The Morgan fingerprint density at radius 2 is 1.64 bits per heavy atom. The van der Waals surface area contributed by atoms with Crippen molar-refractivity contribution in [2.45, 2.75) is 96.3 Å². The second-order valence-electron chi connectivity index (χ2n) is 10.1. The maximum atomic E-state index is 12.4. The molecule has 2 amide bonds. The highest BCUT2D eigenvalue weighted by molar-refractivity contribution is 6.35. The van der Waals surface area contributed by atoms with E-state index in [2.05, 4.69) is 50.6 Å². The standard InChI is InChI=1S/C20H35N3O2/c1-12(16-9-13-6-7-14(16)8-13)21-17(24)18(25)22-15-10-19(2,3)23-20(4,5)11-15/h12-16,23H,6-11H2,1-5H3,(H,21,24)(H,22,25). The molecule has 3 fully saturated rings. The van der Waals surface area contributed by atoms with Crippen molar-refractivity contribution < 1.29 is 9.59 Å². The van der Waals surface area contributed by atoms with Crippen LogP contribution in [0.25, 0.3) is 0 Å². The number of carbonyl (C=O) groups excluding carboxylic acids is 2. The fourth-order valence-corrected chi connectivity index (χ4v) is 5.96. The van der Waals surface area contributed by atoms with E-state index in [1.54, 1.807) is 0 Å². The summed E-state index contributed by atoms with van der Waals surface area (Å²) in [6.45, 7) is 10.6. The van der Waals surface area contributed by atoms with Gasteiger partial charge >= 0.3 is 11.8 Å².